The van der Waals surface area contributed by atoms with Gasteiger partial charge in [0.25, 0.3) is 5.91 Å². The third-order valence-electron chi connectivity index (χ3n) is 7.86. The predicted octanol–water partition coefficient (Wildman–Crippen LogP) is 2.00. The highest BCUT2D eigenvalue weighted by Crippen LogP contribution is 2.23. The number of carbonyl (C=O) groups is 3. The SMILES string of the molecule is Cc1nc2n(n1)CCN(C(=O)c1ccc(=O)n(C)c1)CCCC(=O)N1CCCC[C@H]1C(=O)N[C@@H]2Cc1ccccc1. The zero-order chi connectivity index (χ0) is 28.9. The number of piperidine rings is 1. The Morgan fingerprint density at radius 1 is 0.976 bits per heavy atom. The van der Waals surface area contributed by atoms with Gasteiger partial charge in [0, 0.05) is 45.4 Å². The van der Waals surface area contributed by atoms with E-state index in [1.807, 2.05) is 37.3 Å². The molecule has 2 aliphatic rings. The van der Waals surface area contributed by atoms with Crippen LogP contribution in [-0.2, 0) is 29.6 Å². The fraction of sp³-hybridized carbons (Fsp3) is 0.467. The fourth-order valence-electron chi connectivity index (χ4n) is 5.72. The van der Waals surface area contributed by atoms with Crippen molar-refractivity contribution in [2.24, 2.45) is 7.05 Å². The lowest BCUT2D eigenvalue weighted by atomic mass is 9.99. The summed E-state index contributed by atoms with van der Waals surface area (Å²) in [6, 6.07) is 11.8. The van der Waals surface area contributed by atoms with Crippen molar-refractivity contribution in [2.45, 2.75) is 64.1 Å². The van der Waals surface area contributed by atoms with E-state index in [9.17, 15) is 19.2 Å². The molecular weight excluding hydrogens is 522 g/mol. The van der Waals surface area contributed by atoms with E-state index < -0.39 is 12.1 Å². The molecule has 0 bridgehead atoms. The maximum Gasteiger partial charge on any atom is 0.255 e. The van der Waals surface area contributed by atoms with Crippen LogP contribution in [0.25, 0.3) is 0 Å². The summed E-state index contributed by atoms with van der Waals surface area (Å²) in [7, 11) is 1.61. The van der Waals surface area contributed by atoms with Gasteiger partial charge in [0.05, 0.1) is 18.2 Å². The van der Waals surface area contributed by atoms with Gasteiger partial charge < -0.3 is 19.7 Å². The lowest BCUT2D eigenvalue weighted by molar-refractivity contribution is -0.142. The molecule has 2 aromatic heterocycles. The lowest BCUT2D eigenvalue weighted by Crippen LogP contribution is -2.53. The Kier molecular flexibility index (Phi) is 8.61. The summed E-state index contributed by atoms with van der Waals surface area (Å²) in [5, 5.41) is 7.84. The van der Waals surface area contributed by atoms with E-state index in [-0.39, 0.29) is 29.7 Å². The predicted molar refractivity (Wildman–Crippen MR) is 152 cm³/mol. The molecule has 0 spiro atoms. The molecule has 41 heavy (non-hydrogen) atoms. The van der Waals surface area contributed by atoms with Crippen molar-refractivity contribution in [3.63, 3.8) is 0 Å². The largest absolute Gasteiger partial charge is 0.344 e. The van der Waals surface area contributed by atoms with E-state index in [2.05, 4.69) is 10.4 Å². The molecule has 5 rings (SSSR count). The van der Waals surface area contributed by atoms with Crippen LogP contribution >= 0.6 is 0 Å². The minimum atomic E-state index is -0.543. The molecule has 0 saturated carbocycles. The standard InChI is InChI=1S/C30H37N7O4/c1-21-31-28-24(19-22-9-4-3-5-10-22)32-29(40)25-11-6-7-16-36(25)27(39)12-8-15-35(17-18-37(28)33-21)30(41)23-13-14-26(38)34(2)20-23/h3-5,9-10,13-14,20,24-25H,6-8,11-12,15-19H2,1-2H3,(H,32,40)/t24-,25+/m1/s1. The first-order chi connectivity index (χ1) is 19.8. The zero-order valence-corrected chi connectivity index (χ0v) is 23.7. The quantitative estimate of drug-likeness (QED) is 0.524. The van der Waals surface area contributed by atoms with Gasteiger partial charge in [-0.2, -0.15) is 5.10 Å². The van der Waals surface area contributed by atoms with Crippen molar-refractivity contribution in [2.75, 3.05) is 19.6 Å². The first kappa shape index (κ1) is 28.3. The first-order valence-electron chi connectivity index (χ1n) is 14.3. The summed E-state index contributed by atoms with van der Waals surface area (Å²) in [6.45, 7) is 3.39. The molecular formula is C30H37N7O4. The van der Waals surface area contributed by atoms with Crippen LogP contribution in [0.4, 0.5) is 0 Å². The number of aryl methyl sites for hydroxylation is 2. The number of rotatable bonds is 3. The second kappa shape index (κ2) is 12.5. The van der Waals surface area contributed by atoms with Crippen molar-refractivity contribution in [3.05, 3.63) is 81.8 Å². The Bertz CT molecular complexity index is 1460. The van der Waals surface area contributed by atoms with Gasteiger partial charge in [-0.05, 0) is 50.7 Å². The molecule has 0 radical (unpaired) electrons. The van der Waals surface area contributed by atoms with Crippen LogP contribution in [0.2, 0.25) is 0 Å². The van der Waals surface area contributed by atoms with Crippen molar-refractivity contribution in [3.8, 4) is 0 Å². The van der Waals surface area contributed by atoms with Gasteiger partial charge in [0.15, 0.2) is 0 Å². The molecule has 1 aromatic carbocycles. The molecule has 2 aliphatic heterocycles. The molecule has 0 unspecified atom stereocenters. The Morgan fingerprint density at radius 2 is 1.78 bits per heavy atom. The Balaban J connectivity index is 1.50. The Morgan fingerprint density at radius 3 is 2.56 bits per heavy atom. The smallest absolute Gasteiger partial charge is 0.255 e. The maximum absolute atomic E-state index is 13.7. The Hall–Kier alpha value is -4.28. The number of fused-ring (bicyclic) bond motifs is 2. The highest BCUT2D eigenvalue weighted by atomic mass is 16.2. The number of nitrogens with zero attached hydrogens (tertiary/aromatic N) is 6. The van der Waals surface area contributed by atoms with Crippen LogP contribution in [0.5, 0.6) is 0 Å². The third kappa shape index (κ3) is 6.55. The normalized spacial score (nSPS) is 20.5. The molecule has 1 fully saturated rings. The first-order valence-corrected chi connectivity index (χ1v) is 14.3. The van der Waals surface area contributed by atoms with Gasteiger partial charge in [-0.1, -0.05) is 30.3 Å². The maximum atomic E-state index is 13.7. The average Bonchev–Trinajstić information content (AvgIpc) is 3.35. The zero-order valence-electron chi connectivity index (χ0n) is 23.7. The molecule has 1 saturated heterocycles. The summed E-state index contributed by atoms with van der Waals surface area (Å²) in [4.78, 5) is 60.7. The number of amides is 3. The number of hydrogen-bond acceptors (Lipinski definition) is 6. The number of hydrogen-bond donors (Lipinski definition) is 1. The van der Waals surface area contributed by atoms with Gasteiger partial charge in [0.2, 0.25) is 17.4 Å². The average molecular weight is 560 g/mol. The summed E-state index contributed by atoms with van der Waals surface area (Å²) >= 11 is 0. The van der Waals surface area contributed by atoms with E-state index in [1.54, 1.807) is 21.5 Å². The highest BCUT2D eigenvalue weighted by molar-refractivity contribution is 5.94. The minimum Gasteiger partial charge on any atom is -0.344 e. The van der Waals surface area contributed by atoms with Crippen LogP contribution < -0.4 is 10.9 Å². The van der Waals surface area contributed by atoms with Gasteiger partial charge >= 0.3 is 0 Å². The van der Waals surface area contributed by atoms with Crippen LogP contribution in [-0.4, -0.2) is 72.5 Å². The topological polar surface area (TPSA) is 122 Å². The number of benzene rings is 1. The van der Waals surface area contributed by atoms with Crippen LogP contribution in [0.1, 0.15) is 65.7 Å². The molecule has 2 atom stereocenters. The van der Waals surface area contributed by atoms with Crippen molar-refractivity contribution >= 4 is 17.7 Å². The van der Waals surface area contributed by atoms with Crippen molar-refractivity contribution in [1.29, 1.82) is 0 Å². The minimum absolute atomic E-state index is 0.0740. The fourth-order valence-corrected chi connectivity index (χ4v) is 5.72. The summed E-state index contributed by atoms with van der Waals surface area (Å²) in [5.74, 6) is 0.718. The monoisotopic (exact) mass is 559 g/mol. The molecule has 3 amide bonds. The molecule has 4 heterocycles. The lowest BCUT2D eigenvalue weighted by Gasteiger charge is -2.36. The molecule has 216 valence electrons. The molecule has 11 heteroatoms. The van der Waals surface area contributed by atoms with Gasteiger partial charge in [-0.15, -0.1) is 0 Å². The van der Waals surface area contributed by atoms with Gasteiger partial charge in [-0.3, -0.25) is 19.2 Å². The van der Waals surface area contributed by atoms with E-state index in [0.717, 1.165) is 18.4 Å². The molecule has 3 aromatic rings. The number of aromatic nitrogens is 4. The highest BCUT2D eigenvalue weighted by Gasteiger charge is 2.34. The van der Waals surface area contributed by atoms with E-state index in [4.69, 9.17) is 4.98 Å². The van der Waals surface area contributed by atoms with Crippen LogP contribution in [0.3, 0.4) is 0 Å². The number of nitrogens with one attached hydrogen (secondary N) is 1. The summed E-state index contributed by atoms with van der Waals surface area (Å²) < 4.78 is 3.16. The van der Waals surface area contributed by atoms with Gasteiger partial charge in [-0.25, -0.2) is 9.67 Å². The molecule has 11 nitrogen and oxygen atoms in total. The second-order valence-corrected chi connectivity index (χ2v) is 10.9. The second-order valence-electron chi connectivity index (χ2n) is 10.9. The van der Waals surface area contributed by atoms with Crippen molar-refractivity contribution in [1.82, 2.24) is 34.4 Å². The van der Waals surface area contributed by atoms with Gasteiger partial charge in [0.1, 0.15) is 17.7 Å². The number of pyridine rings is 1. The van der Waals surface area contributed by atoms with E-state index in [1.165, 1.54) is 22.9 Å². The van der Waals surface area contributed by atoms with Crippen molar-refractivity contribution < 1.29 is 14.4 Å². The summed E-state index contributed by atoms with van der Waals surface area (Å²) in [5.41, 5.74) is 1.24. The molecule has 0 aliphatic carbocycles. The van der Waals surface area contributed by atoms with Crippen LogP contribution in [0.15, 0.2) is 53.5 Å². The number of carbonyl (C=O) groups excluding carboxylic acids is 3. The molecule has 1 N–H and O–H groups in total. The summed E-state index contributed by atoms with van der Waals surface area (Å²) in [6.07, 6.45) is 5.08. The van der Waals surface area contributed by atoms with E-state index in [0.29, 0.717) is 62.7 Å². The van der Waals surface area contributed by atoms with E-state index >= 15 is 0 Å². The third-order valence-corrected chi connectivity index (χ3v) is 7.86. The van der Waals surface area contributed by atoms with Crippen LogP contribution in [0, 0.1) is 6.92 Å². The Labute approximate surface area is 239 Å².